The first-order valence-electron chi connectivity index (χ1n) is 8.41. The van der Waals surface area contributed by atoms with E-state index in [4.69, 9.17) is 0 Å². The Morgan fingerprint density at radius 1 is 1.17 bits per heavy atom. The summed E-state index contributed by atoms with van der Waals surface area (Å²) in [6.45, 7) is 0. The number of carboxylic acids is 1. The summed E-state index contributed by atoms with van der Waals surface area (Å²) >= 11 is -1.06. The molecule has 6 heteroatoms. The van der Waals surface area contributed by atoms with Crippen molar-refractivity contribution in [3.63, 3.8) is 0 Å². The van der Waals surface area contributed by atoms with Crippen LogP contribution in [0.3, 0.4) is 0 Å². The molecule has 4 rings (SSSR count). The highest BCUT2D eigenvalue weighted by atomic mass is 32.2. The van der Waals surface area contributed by atoms with Gasteiger partial charge in [0.2, 0.25) is 5.91 Å². The second kappa shape index (κ2) is 5.49. The zero-order valence-electron chi connectivity index (χ0n) is 13.5. The summed E-state index contributed by atoms with van der Waals surface area (Å²) in [6.07, 6.45) is 5.68. The number of nitrogens with one attached hydrogen (secondary N) is 1. The molecule has 5 atom stereocenters. The topological polar surface area (TPSA) is 89.5 Å². The van der Waals surface area contributed by atoms with Crippen LogP contribution in [0.4, 0.5) is 5.69 Å². The number of carboxylic acid groups (broad SMARTS) is 1. The number of anilines is 1. The van der Waals surface area contributed by atoms with Crippen molar-refractivity contribution >= 4 is 28.7 Å². The van der Waals surface area contributed by atoms with Gasteiger partial charge in [-0.15, -0.1) is 0 Å². The fourth-order valence-electron chi connectivity index (χ4n) is 5.30. The normalized spacial score (nSPS) is 33.4. The van der Waals surface area contributed by atoms with Gasteiger partial charge < -0.3 is 15.0 Å². The van der Waals surface area contributed by atoms with Crippen LogP contribution < -0.4 is 5.32 Å². The van der Waals surface area contributed by atoms with Crippen LogP contribution >= 0.6 is 0 Å². The van der Waals surface area contributed by atoms with Gasteiger partial charge in [-0.2, -0.15) is 0 Å². The van der Waals surface area contributed by atoms with Gasteiger partial charge in [0.1, 0.15) is 6.26 Å². The fourth-order valence-corrected chi connectivity index (χ4v) is 5.82. The van der Waals surface area contributed by atoms with Gasteiger partial charge in [0.05, 0.1) is 11.8 Å². The van der Waals surface area contributed by atoms with Crippen molar-refractivity contribution < 1.29 is 19.2 Å². The predicted molar refractivity (Wildman–Crippen MR) is 89.9 cm³/mol. The maximum absolute atomic E-state index is 12.8. The van der Waals surface area contributed by atoms with Gasteiger partial charge in [0.25, 0.3) is 0 Å². The lowest BCUT2D eigenvalue weighted by atomic mass is 9.78. The second-order valence-corrected chi connectivity index (χ2v) is 8.76. The van der Waals surface area contributed by atoms with Crippen LogP contribution in [0.1, 0.15) is 25.7 Å². The molecule has 0 saturated heterocycles. The molecular formula is C18H21NO4S. The lowest BCUT2D eigenvalue weighted by Crippen LogP contribution is -2.37. The molecule has 3 fully saturated rings. The third-order valence-corrected chi connectivity index (χ3v) is 7.32. The van der Waals surface area contributed by atoms with Crippen molar-refractivity contribution in [2.75, 3.05) is 11.6 Å². The van der Waals surface area contributed by atoms with E-state index in [0.717, 1.165) is 25.7 Å². The Kier molecular flexibility index (Phi) is 3.65. The fraction of sp³-hybridized carbons (Fsp3) is 0.556. The summed E-state index contributed by atoms with van der Waals surface area (Å²) < 4.78 is 11.4. The van der Waals surface area contributed by atoms with E-state index in [-0.39, 0.29) is 23.2 Å². The molecule has 0 aromatic heterocycles. The number of benzene rings is 1. The summed E-state index contributed by atoms with van der Waals surface area (Å²) in [5.74, 6) is -1.60. The van der Waals surface area contributed by atoms with Gasteiger partial charge in [-0.05, 0) is 78.4 Å². The Hall–Kier alpha value is -1.53. The highest BCUT2D eigenvalue weighted by Gasteiger charge is 2.71. The molecule has 1 aromatic carbocycles. The Morgan fingerprint density at radius 2 is 1.75 bits per heavy atom. The lowest BCUT2D eigenvalue weighted by molar-refractivity contribution is -0.148. The largest absolute Gasteiger partial charge is 0.612 e. The third kappa shape index (κ3) is 2.27. The van der Waals surface area contributed by atoms with E-state index in [0.29, 0.717) is 10.6 Å². The van der Waals surface area contributed by atoms with E-state index in [1.165, 1.54) is 0 Å². The molecule has 0 aliphatic heterocycles. The Balaban J connectivity index is 1.54. The van der Waals surface area contributed by atoms with Crippen LogP contribution in [0.15, 0.2) is 29.2 Å². The second-order valence-electron chi connectivity index (χ2n) is 7.38. The van der Waals surface area contributed by atoms with E-state index in [1.54, 1.807) is 30.5 Å². The Bertz CT molecular complexity index is 683. The van der Waals surface area contributed by atoms with E-state index >= 15 is 0 Å². The van der Waals surface area contributed by atoms with Crippen LogP contribution in [-0.2, 0) is 20.8 Å². The average Bonchev–Trinajstić information content (AvgIpc) is 3.21. The van der Waals surface area contributed by atoms with E-state index in [9.17, 15) is 19.2 Å². The number of carbonyl (C=O) groups is 2. The molecule has 24 heavy (non-hydrogen) atoms. The summed E-state index contributed by atoms with van der Waals surface area (Å²) in [5, 5.41) is 12.5. The highest BCUT2D eigenvalue weighted by molar-refractivity contribution is 7.90. The molecule has 3 aliphatic rings. The van der Waals surface area contributed by atoms with Gasteiger partial charge in [0, 0.05) is 5.69 Å². The molecule has 1 spiro atoms. The van der Waals surface area contributed by atoms with Crippen molar-refractivity contribution in [3.05, 3.63) is 24.3 Å². The zero-order valence-corrected chi connectivity index (χ0v) is 14.3. The first kappa shape index (κ1) is 16.0. The number of hydrogen-bond donors (Lipinski definition) is 2. The quantitative estimate of drug-likeness (QED) is 0.819. The summed E-state index contributed by atoms with van der Waals surface area (Å²) in [4.78, 5) is 25.3. The minimum Gasteiger partial charge on any atom is -0.612 e. The predicted octanol–water partition coefficient (Wildman–Crippen LogP) is 2.50. The minimum absolute atomic E-state index is 0.133. The molecule has 3 aliphatic carbocycles. The minimum atomic E-state index is -1.06. The number of carbonyl (C=O) groups excluding carboxylic acids is 1. The monoisotopic (exact) mass is 347 g/mol. The van der Waals surface area contributed by atoms with E-state index < -0.39 is 29.0 Å². The Morgan fingerprint density at radius 3 is 2.25 bits per heavy atom. The number of hydrogen-bond acceptors (Lipinski definition) is 3. The molecule has 2 bridgehead atoms. The maximum atomic E-state index is 12.8. The first-order chi connectivity index (χ1) is 11.4. The number of aliphatic carboxylic acids is 1. The van der Waals surface area contributed by atoms with E-state index in [2.05, 4.69) is 5.32 Å². The van der Waals surface area contributed by atoms with Crippen LogP contribution in [0.5, 0.6) is 0 Å². The molecule has 2 N–H and O–H groups in total. The third-order valence-electron chi connectivity index (χ3n) is 6.39. The summed E-state index contributed by atoms with van der Waals surface area (Å²) in [6, 6.07) is 6.90. The van der Waals surface area contributed by atoms with Gasteiger partial charge in [-0.1, -0.05) is 0 Å². The van der Waals surface area contributed by atoms with Crippen molar-refractivity contribution in [3.8, 4) is 0 Å². The van der Waals surface area contributed by atoms with Crippen molar-refractivity contribution in [1.82, 2.24) is 0 Å². The molecule has 1 aromatic rings. The van der Waals surface area contributed by atoms with Gasteiger partial charge in [0.15, 0.2) is 4.90 Å². The molecule has 1 amide bonds. The molecule has 5 unspecified atom stereocenters. The van der Waals surface area contributed by atoms with E-state index in [1.807, 2.05) is 0 Å². The highest BCUT2D eigenvalue weighted by Crippen LogP contribution is 2.74. The SMILES string of the molecule is C[S+]([O-])c1ccc(NC(=O)C2C(C(=O)O)C3CCC2C32CC2)cc1. The van der Waals surface area contributed by atoms with Gasteiger partial charge in [-0.3, -0.25) is 9.59 Å². The molecule has 3 saturated carbocycles. The average molecular weight is 347 g/mol. The van der Waals surface area contributed by atoms with Crippen LogP contribution in [0.2, 0.25) is 0 Å². The van der Waals surface area contributed by atoms with Crippen LogP contribution in [-0.4, -0.2) is 27.8 Å². The molecule has 128 valence electrons. The maximum Gasteiger partial charge on any atom is 0.307 e. The Labute approximate surface area is 144 Å². The molecular weight excluding hydrogens is 326 g/mol. The smallest absolute Gasteiger partial charge is 0.307 e. The van der Waals surface area contributed by atoms with Gasteiger partial charge >= 0.3 is 5.97 Å². The lowest BCUT2D eigenvalue weighted by Gasteiger charge is -2.26. The van der Waals surface area contributed by atoms with Crippen molar-refractivity contribution in [2.24, 2.45) is 29.1 Å². The number of amides is 1. The van der Waals surface area contributed by atoms with Crippen LogP contribution in [0, 0.1) is 29.1 Å². The number of rotatable bonds is 4. The zero-order chi connectivity index (χ0) is 17.1. The molecule has 0 heterocycles. The van der Waals surface area contributed by atoms with Crippen molar-refractivity contribution in [1.29, 1.82) is 0 Å². The van der Waals surface area contributed by atoms with Gasteiger partial charge in [-0.25, -0.2) is 0 Å². The first-order valence-corrected chi connectivity index (χ1v) is 9.97. The van der Waals surface area contributed by atoms with Crippen LogP contribution in [0.25, 0.3) is 0 Å². The standard InChI is InChI=1S/C18H21NO4S/c1-24(23)11-4-2-10(3-5-11)19-16(20)14-12-6-7-13(15(14)17(21)22)18(12)8-9-18/h2-5,12-15H,6-9H2,1H3,(H,19,20)(H,21,22). The summed E-state index contributed by atoms with van der Waals surface area (Å²) in [5.41, 5.74) is 0.763. The summed E-state index contributed by atoms with van der Waals surface area (Å²) in [7, 11) is 0. The molecule has 0 radical (unpaired) electrons. The van der Waals surface area contributed by atoms with Crippen molar-refractivity contribution in [2.45, 2.75) is 30.6 Å². The molecule has 5 nitrogen and oxygen atoms in total.